The van der Waals surface area contributed by atoms with E-state index in [1.54, 1.807) is 11.3 Å². The third-order valence-corrected chi connectivity index (χ3v) is 5.40. The van der Waals surface area contributed by atoms with Crippen molar-refractivity contribution < 1.29 is 0 Å². The Kier molecular flexibility index (Phi) is 4.16. The fraction of sp³-hybridized carbons (Fsp3) is 0.389. The number of piperazine rings is 1. The summed E-state index contributed by atoms with van der Waals surface area (Å²) in [5.74, 6) is 0. The van der Waals surface area contributed by atoms with Crippen LogP contribution in [-0.2, 0) is 6.54 Å². The van der Waals surface area contributed by atoms with Gasteiger partial charge in [0.05, 0.1) is 22.4 Å². The van der Waals surface area contributed by atoms with Gasteiger partial charge in [-0.25, -0.2) is 15.0 Å². The topological polar surface area (TPSA) is 45.2 Å². The van der Waals surface area contributed by atoms with Crippen molar-refractivity contribution in [2.24, 2.45) is 0 Å². The van der Waals surface area contributed by atoms with Gasteiger partial charge in [-0.05, 0) is 26.0 Å². The van der Waals surface area contributed by atoms with Crippen LogP contribution in [0, 0.1) is 6.92 Å². The molecule has 2 aromatic heterocycles. The van der Waals surface area contributed by atoms with Crippen molar-refractivity contribution in [1.82, 2.24) is 19.9 Å². The van der Waals surface area contributed by atoms with Crippen LogP contribution in [0.25, 0.3) is 11.0 Å². The predicted molar refractivity (Wildman–Crippen MR) is 98.5 cm³/mol. The number of anilines is 1. The van der Waals surface area contributed by atoms with Crippen molar-refractivity contribution >= 4 is 27.5 Å². The summed E-state index contributed by atoms with van der Waals surface area (Å²) >= 11 is 1.72. The Bertz CT molecular complexity index is 833. The quantitative estimate of drug-likeness (QED) is 0.734. The molecule has 3 aromatic rings. The fourth-order valence-electron chi connectivity index (χ4n) is 3.30. The Hall–Kier alpha value is -2.05. The molecule has 0 N–H and O–H groups in total. The van der Waals surface area contributed by atoms with Crippen molar-refractivity contribution in [3.8, 4) is 0 Å². The Balaban J connectivity index is 1.49. The highest BCUT2D eigenvalue weighted by Gasteiger charge is 2.25. The number of rotatable bonds is 3. The average Bonchev–Trinajstić information content (AvgIpc) is 3.10. The van der Waals surface area contributed by atoms with Crippen molar-refractivity contribution in [2.45, 2.75) is 26.4 Å². The number of nitrogens with zero attached hydrogens (tertiary/aromatic N) is 5. The molecular formula is C18H21N5S. The van der Waals surface area contributed by atoms with Crippen molar-refractivity contribution in [3.05, 3.63) is 47.2 Å². The van der Waals surface area contributed by atoms with E-state index in [-0.39, 0.29) is 0 Å². The van der Waals surface area contributed by atoms with Crippen molar-refractivity contribution in [1.29, 1.82) is 0 Å². The van der Waals surface area contributed by atoms with Crippen LogP contribution >= 0.6 is 11.3 Å². The lowest BCUT2D eigenvalue weighted by Gasteiger charge is -2.39. The van der Waals surface area contributed by atoms with E-state index >= 15 is 0 Å². The van der Waals surface area contributed by atoms with Gasteiger partial charge in [0, 0.05) is 43.8 Å². The Morgan fingerprint density at radius 2 is 1.96 bits per heavy atom. The highest BCUT2D eigenvalue weighted by molar-refractivity contribution is 7.13. The van der Waals surface area contributed by atoms with Gasteiger partial charge >= 0.3 is 0 Å². The second-order valence-corrected chi connectivity index (χ2v) is 7.21. The Morgan fingerprint density at radius 1 is 1.17 bits per heavy atom. The summed E-state index contributed by atoms with van der Waals surface area (Å²) < 4.78 is 0. The zero-order valence-corrected chi connectivity index (χ0v) is 14.8. The molecule has 1 fully saturated rings. The molecule has 1 saturated heterocycles. The zero-order chi connectivity index (χ0) is 16.5. The third-order valence-electron chi connectivity index (χ3n) is 4.59. The lowest BCUT2D eigenvalue weighted by molar-refractivity contribution is 0.218. The van der Waals surface area contributed by atoms with Crippen LogP contribution in [0.3, 0.4) is 0 Å². The summed E-state index contributed by atoms with van der Waals surface area (Å²) in [7, 11) is 0. The van der Waals surface area contributed by atoms with E-state index < -0.39 is 0 Å². The van der Waals surface area contributed by atoms with Gasteiger partial charge < -0.3 is 4.90 Å². The molecule has 0 unspecified atom stereocenters. The fourth-order valence-corrected chi connectivity index (χ4v) is 4.08. The first kappa shape index (κ1) is 15.5. The van der Waals surface area contributed by atoms with Gasteiger partial charge in [0.1, 0.15) is 0 Å². The largest absolute Gasteiger partial charge is 0.343 e. The van der Waals surface area contributed by atoms with Crippen LogP contribution in [0.4, 0.5) is 5.13 Å². The third kappa shape index (κ3) is 2.99. The van der Waals surface area contributed by atoms with Crippen LogP contribution in [-0.4, -0.2) is 45.5 Å². The second kappa shape index (κ2) is 6.45. The van der Waals surface area contributed by atoms with E-state index in [1.807, 2.05) is 35.8 Å². The number of thiazole rings is 1. The van der Waals surface area contributed by atoms with Gasteiger partial charge in [-0.3, -0.25) is 4.90 Å². The summed E-state index contributed by atoms with van der Waals surface area (Å²) in [4.78, 5) is 18.9. The molecule has 0 radical (unpaired) electrons. The maximum Gasteiger partial charge on any atom is 0.185 e. The van der Waals surface area contributed by atoms with Crippen LogP contribution in [0.15, 0.2) is 35.8 Å². The van der Waals surface area contributed by atoms with Crippen LogP contribution in [0.5, 0.6) is 0 Å². The molecule has 3 heterocycles. The summed E-state index contributed by atoms with van der Waals surface area (Å²) in [6, 6.07) is 8.54. The molecule has 124 valence electrons. The van der Waals surface area contributed by atoms with Crippen molar-refractivity contribution in [3.63, 3.8) is 0 Å². The van der Waals surface area contributed by atoms with E-state index in [1.165, 1.54) is 0 Å². The molecule has 1 atom stereocenters. The first-order valence-electron chi connectivity index (χ1n) is 8.31. The number of para-hydroxylation sites is 2. The standard InChI is InChI=1S/C18H21N5S/c1-13-11-22(8-9-23(13)18-19-7-10-24-18)12-17-14(2)20-15-5-3-4-6-16(15)21-17/h3-7,10,13H,8-9,11-12H2,1-2H3/t13-/m0/s1. The normalized spacial score (nSPS) is 19.1. The van der Waals surface area contributed by atoms with E-state index in [0.29, 0.717) is 6.04 Å². The van der Waals surface area contributed by atoms with E-state index in [0.717, 1.165) is 53.7 Å². The maximum absolute atomic E-state index is 4.83. The predicted octanol–water partition coefficient (Wildman–Crippen LogP) is 3.11. The van der Waals surface area contributed by atoms with E-state index in [4.69, 9.17) is 9.97 Å². The molecule has 0 bridgehead atoms. The molecule has 1 aromatic carbocycles. The molecule has 4 rings (SSSR count). The van der Waals surface area contributed by atoms with Gasteiger partial charge in [0.15, 0.2) is 5.13 Å². The van der Waals surface area contributed by atoms with Gasteiger partial charge in [0.25, 0.3) is 0 Å². The number of hydrogen-bond acceptors (Lipinski definition) is 6. The lowest BCUT2D eigenvalue weighted by atomic mass is 10.2. The first-order valence-corrected chi connectivity index (χ1v) is 9.19. The van der Waals surface area contributed by atoms with E-state index in [2.05, 4.69) is 28.6 Å². The lowest BCUT2D eigenvalue weighted by Crippen LogP contribution is -2.51. The van der Waals surface area contributed by atoms with Gasteiger partial charge in [-0.15, -0.1) is 11.3 Å². The summed E-state index contributed by atoms with van der Waals surface area (Å²) in [6.45, 7) is 8.25. The minimum Gasteiger partial charge on any atom is -0.343 e. The molecule has 0 saturated carbocycles. The zero-order valence-electron chi connectivity index (χ0n) is 14.0. The Morgan fingerprint density at radius 3 is 2.67 bits per heavy atom. The number of aromatic nitrogens is 3. The number of aryl methyl sites for hydroxylation is 1. The van der Waals surface area contributed by atoms with Crippen molar-refractivity contribution in [2.75, 3.05) is 24.5 Å². The van der Waals surface area contributed by atoms with Crippen LogP contribution in [0.2, 0.25) is 0 Å². The minimum absolute atomic E-state index is 0.457. The summed E-state index contributed by atoms with van der Waals surface area (Å²) in [6.07, 6.45) is 1.88. The maximum atomic E-state index is 4.83. The SMILES string of the molecule is Cc1nc2ccccc2nc1CN1CCN(c2nccs2)[C@@H](C)C1. The average molecular weight is 339 g/mol. The number of hydrogen-bond donors (Lipinski definition) is 0. The summed E-state index contributed by atoms with van der Waals surface area (Å²) in [5.41, 5.74) is 4.07. The summed E-state index contributed by atoms with van der Waals surface area (Å²) in [5, 5.41) is 3.17. The molecule has 5 nitrogen and oxygen atoms in total. The van der Waals surface area contributed by atoms with Crippen LogP contribution in [0.1, 0.15) is 18.3 Å². The molecule has 1 aliphatic heterocycles. The second-order valence-electron chi connectivity index (χ2n) is 6.34. The van der Waals surface area contributed by atoms with Gasteiger partial charge in [-0.2, -0.15) is 0 Å². The smallest absolute Gasteiger partial charge is 0.185 e. The monoisotopic (exact) mass is 339 g/mol. The highest BCUT2D eigenvalue weighted by atomic mass is 32.1. The minimum atomic E-state index is 0.457. The van der Waals surface area contributed by atoms with Gasteiger partial charge in [-0.1, -0.05) is 12.1 Å². The molecule has 0 spiro atoms. The van der Waals surface area contributed by atoms with Gasteiger partial charge in [0.2, 0.25) is 0 Å². The molecule has 6 heteroatoms. The molecule has 0 amide bonds. The molecule has 24 heavy (non-hydrogen) atoms. The molecule has 0 aliphatic carbocycles. The van der Waals surface area contributed by atoms with Crippen LogP contribution < -0.4 is 4.90 Å². The molecule has 1 aliphatic rings. The number of benzene rings is 1. The first-order chi connectivity index (χ1) is 11.7. The van der Waals surface area contributed by atoms with E-state index in [9.17, 15) is 0 Å². The number of fused-ring (bicyclic) bond motifs is 1. The highest BCUT2D eigenvalue weighted by Crippen LogP contribution is 2.23. The Labute approximate surface area is 146 Å². The molecular weight excluding hydrogens is 318 g/mol.